The predicted octanol–water partition coefficient (Wildman–Crippen LogP) is 1.20. The third-order valence-corrected chi connectivity index (χ3v) is 4.69. The number of carbonyl (C=O) groups excluding carboxylic acids is 2. The first kappa shape index (κ1) is 17.5. The highest BCUT2D eigenvalue weighted by atomic mass is 16.8. The van der Waals surface area contributed by atoms with E-state index in [1.54, 1.807) is 20.1 Å². The predicted molar refractivity (Wildman–Crippen MR) is 81.9 cm³/mol. The summed E-state index contributed by atoms with van der Waals surface area (Å²) in [5, 5.41) is 0. The first-order chi connectivity index (χ1) is 11.4. The van der Waals surface area contributed by atoms with E-state index in [0.717, 1.165) is 0 Å². The van der Waals surface area contributed by atoms with E-state index in [1.165, 1.54) is 6.08 Å². The Morgan fingerprint density at radius 2 is 2.08 bits per heavy atom. The molecule has 2 fully saturated rings. The molecule has 2 aliphatic heterocycles. The molecule has 2 heterocycles. The van der Waals surface area contributed by atoms with Gasteiger partial charge in [-0.25, -0.2) is 0 Å². The van der Waals surface area contributed by atoms with E-state index in [4.69, 9.17) is 23.7 Å². The lowest BCUT2D eigenvalue weighted by Gasteiger charge is -2.34. The Balaban J connectivity index is 1.83. The first-order valence-corrected chi connectivity index (χ1v) is 8.29. The van der Waals surface area contributed by atoms with Crippen LogP contribution in [0.25, 0.3) is 0 Å². The lowest BCUT2D eigenvalue weighted by atomic mass is 9.77. The van der Waals surface area contributed by atoms with Gasteiger partial charge in [-0.3, -0.25) is 9.59 Å². The Hall–Kier alpha value is -1.28. The standard InChI is InChI=1S/C17H24O7/c1-5-21-15(19)11-9(7-6-8-10(11)18)12-13(20-4)14-16(22-12)24-17(2,3)23-14/h6,8-9,11-14,16H,5,7H2,1-4H3/t9-,11?,12-,13?,14?,16-/m1/s1. The normalized spacial score (nSPS) is 40.6. The molecule has 134 valence electrons. The van der Waals surface area contributed by atoms with E-state index in [1.807, 2.05) is 13.8 Å². The molecule has 2 saturated heterocycles. The van der Waals surface area contributed by atoms with E-state index >= 15 is 0 Å². The highest BCUT2D eigenvalue weighted by molar-refractivity contribution is 6.06. The summed E-state index contributed by atoms with van der Waals surface area (Å²) in [7, 11) is 1.57. The van der Waals surface area contributed by atoms with E-state index in [9.17, 15) is 9.59 Å². The summed E-state index contributed by atoms with van der Waals surface area (Å²) in [5.41, 5.74) is 0. The van der Waals surface area contributed by atoms with E-state index in [-0.39, 0.29) is 24.4 Å². The average molecular weight is 340 g/mol. The maximum Gasteiger partial charge on any atom is 0.317 e. The van der Waals surface area contributed by atoms with Gasteiger partial charge in [0.05, 0.1) is 12.7 Å². The van der Waals surface area contributed by atoms with Gasteiger partial charge in [-0.1, -0.05) is 6.08 Å². The van der Waals surface area contributed by atoms with Crippen molar-refractivity contribution in [1.82, 2.24) is 0 Å². The molecule has 0 radical (unpaired) electrons. The third kappa shape index (κ3) is 3.01. The zero-order chi connectivity index (χ0) is 17.5. The van der Waals surface area contributed by atoms with Crippen molar-refractivity contribution in [3.05, 3.63) is 12.2 Å². The molecule has 3 unspecified atom stereocenters. The van der Waals surface area contributed by atoms with Crippen molar-refractivity contribution in [2.24, 2.45) is 11.8 Å². The van der Waals surface area contributed by atoms with Crippen LogP contribution in [0.15, 0.2) is 12.2 Å². The number of esters is 1. The molecule has 7 heteroatoms. The number of rotatable bonds is 4. The number of allylic oxidation sites excluding steroid dienone is 2. The van der Waals surface area contributed by atoms with Gasteiger partial charge in [0, 0.05) is 13.0 Å². The molecule has 0 aromatic rings. The molecule has 0 amide bonds. The van der Waals surface area contributed by atoms with Gasteiger partial charge in [-0.15, -0.1) is 0 Å². The van der Waals surface area contributed by atoms with Crippen molar-refractivity contribution in [1.29, 1.82) is 0 Å². The quantitative estimate of drug-likeness (QED) is 0.562. The summed E-state index contributed by atoms with van der Waals surface area (Å²) < 4.78 is 28.3. The van der Waals surface area contributed by atoms with Crippen LogP contribution in [-0.4, -0.2) is 55.9 Å². The molecular weight excluding hydrogens is 316 g/mol. The Labute approximate surface area is 141 Å². The van der Waals surface area contributed by atoms with Gasteiger partial charge in [0.1, 0.15) is 18.1 Å². The van der Waals surface area contributed by atoms with Crippen LogP contribution in [0.3, 0.4) is 0 Å². The highest BCUT2D eigenvalue weighted by Gasteiger charge is 2.58. The Morgan fingerprint density at radius 3 is 2.75 bits per heavy atom. The fraction of sp³-hybridized carbons (Fsp3) is 0.765. The molecule has 3 aliphatic rings. The van der Waals surface area contributed by atoms with Crippen molar-refractivity contribution in [3.8, 4) is 0 Å². The van der Waals surface area contributed by atoms with Gasteiger partial charge in [-0.05, 0) is 33.3 Å². The lowest BCUT2D eigenvalue weighted by molar-refractivity contribution is -0.225. The second kappa shape index (κ2) is 6.55. The molecule has 24 heavy (non-hydrogen) atoms. The van der Waals surface area contributed by atoms with Crippen LogP contribution in [0.2, 0.25) is 0 Å². The maximum atomic E-state index is 12.3. The molecule has 0 aromatic heterocycles. The van der Waals surface area contributed by atoms with Crippen LogP contribution >= 0.6 is 0 Å². The van der Waals surface area contributed by atoms with Crippen molar-refractivity contribution in [3.63, 3.8) is 0 Å². The summed E-state index contributed by atoms with van der Waals surface area (Å²) in [6.45, 7) is 5.56. The summed E-state index contributed by atoms with van der Waals surface area (Å²) in [6, 6.07) is 0. The van der Waals surface area contributed by atoms with E-state index < -0.39 is 36.2 Å². The zero-order valence-electron chi connectivity index (χ0n) is 14.4. The molecule has 3 rings (SSSR count). The molecule has 7 nitrogen and oxygen atoms in total. The molecular formula is C17H24O7. The Kier molecular flexibility index (Phi) is 4.79. The largest absolute Gasteiger partial charge is 0.465 e. The van der Waals surface area contributed by atoms with Crippen molar-refractivity contribution in [2.45, 2.75) is 57.6 Å². The molecule has 1 aliphatic carbocycles. The van der Waals surface area contributed by atoms with Crippen LogP contribution in [-0.2, 0) is 33.3 Å². The summed E-state index contributed by atoms with van der Waals surface area (Å²) in [4.78, 5) is 24.6. The second-order valence-corrected chi connectivity index (χ2v) is 6.70. The minimum atomic E-state index is -0.885. The number of fused-ring (bicyclic) bond motifs is 1. The van der Waals surface area contributed by atoms with E-state index in [2.05, 4.69) is 0 Å². The van der Waals surface area contributed by atoms with Gasteiger partial charge in [-0.2, -0.15) is 0 Å². The third-order valence-electron chi connectivity index (χ3n) is 4.69. The fourth-order valence-electron chi connectivity index (χ4n) is 3.76. The zero-order valence-corrected chi connectivity index (χ0v) is 14.4. The van der Waals surface area contributed by atoms with Crippen molar-refractivity contribution >= 4 is 11.8 Å². The molecule has 0 saturated carbocycles. The molecule has 0 aromatic carbocycles. The SMILES string of the molecule is CCOC(=O)C1C(=O)C=CC[C@H]1[C@H]1O[C@@H]2OC(C)(C)OC2C1OC. The molecule has 0 bridgehead atoms. The summed E-state index contributed by atoms with van der Waals surface area (Å²) >= 11 is 0. The lowest BCUT2D eigenvalue weighted by Crippen LogP contribution is -2.46. The first-order valence-electron chi connectivity index (χ1n) is 8.29. The smallest absolute Gasteiger partial charge is 0.317 e. The van der Waals surface area contributed by atoms with Crippen LogP contribution in [0.4, 0.5) is 0 Å². The Bertz CT molecular complexity index is 541. The number of ketones is 1. The number of carbonyl (C=O) groups is 2. The van der Waals surface area contributed by atoms with Crippen molar-refractivity contribution < 1.29 is 33.3 Å². The molecule has 0 spiro atoms. The van der Waals surface area contributed by atoms with Gasteiger partial charge in [0.25, 0.3) is 0 Å². The van der Waals surface area contributed by atoms with E-state index in [0.29, 0.717) is 6.42 Å². The number of hydrogen-bond donors (Lipinski definition) is 0. The second-order valence-electron chi connectivity index (χ2n) is 6.70. The van der Waals surface area contributed by atoms with Gasteiger partial charge in [0.2, 0.25) is 0 Å². The Morgan fingerprint density at radius 1 is 1.33 bits per heavy atom. The number of hydrogen-bond acceptors (Lipinski definition) is 7. The van der Waals surface area contributed by atoms with Crippen LogP contribution in [0.5, 0.6) is 0 Å². The van der Waals surface area contributed by atoms with Gasteiger partial charge in [0.15, 0.2) is 17.9 Å². The number of ether oxygens (including phenoxy) is 5. The van der Waals surface area contributed by atoms with Crippen LogP contribution in [0.1, 0.15) is 27.2 Å². The number of methoxy groups -OCH3 is 1. The van der Waals surface area contributed by atoms with Crippen LogP contribution < -0.4 is 0 Å². The minimum absolute atomic E-state index is 0.226. The molecule has 6 atom stereocenters. The fourth-order valence-corrected chi connectivity index (χ4v) is 3.76. The summed E-state index contributed by atoms with van der Waals surface area (Å²) in [6.07, 6.45) is 1.87. The van der Waals surface area contributed by atoms with Crippen molar-refractivity contribution in [2.75, 3.05) is 13.7 Å². The minimum Gasteiger partial charge on any atom is -0.465 e. The summed E-state index contributed by atoms with van der Waals surface area (Å²) in [5.74, 6) is -2.78. The maximum absolute atomic E-state index is 12.3. The molecule has 0 N–H and O–H groups in total. The van der Waals surface area contributed by atoms with Gasteiger partial charge < -0.3 is 23.7 Å². The topological polar surface area (TPSA) is 80.3 Å². The highest BCUT2D eigenvalue weighted by Crippen LogP contribution is 2.43. The average Bonchev–Trinajstić information content (AvgIpc) is 2.98. The van der Waals surface area contributed by atoms with Crippen LogP contribution in [0, 0.1) is 11.8 Å². The monoisotopic (exact) mass is 340 g/mol. The van der Waals surface area contributed by atoms with Gasteiger partial charge >= 0.3 is 5.97 Å².